The van der Waals surface area contributed by atoms with Crippen LogP contribution in [0.3, 0.4) is 0 Å². The van der Waals surface area contributed by atoms with Crippen molar-refractivity contribution >= 4 is 0 Å². The Hall–Kier alpha value is -2.62. The zero-order chi connectivity index (χ0) is 17.0. The number of aromatic hydroxyl groups is 2. The molecule has 4 heteroatoms. The molecule has 0 fully saturated rings. The van der Waals surface area contributed by atoms with Gasteiger partial charge in [0.15, 0.2) is 23.1 Å². The summed E-state index contributed by atoms with van der Waals surface area (Å²) < 4.78 is 27.6. The van der Waals surface area contributed by atoms with E-state index in [-0.39, 0.29) is 6.42 Å². The predicted octanol–water partition coefficient (Wildman–Crippen LogP) is 4.42. The molecule has 0 radical (unpaired) electrons. The molecule has 0 aromatic heterocycles. The molecule has 23 heavy (non-hydrogen) atoms. The second-order valence-electron chi connectivity index (χ2n) is 5.33. The second kappa shape index (κ2) is 7.09. The summed E-state index contributed by atoms with van der Waals surface area (Å²) in [6.45, 7) is 7.15. The highest BCUT2D eigenvalue weighted by Crippen LogP contribution is 2.28. The highest BCUT2D eigenvalue weighted by atomic mass is 19.1. The molecule has 0 bridgehead atoms. The molecule has 2 rings (SSSR count). The number of rotatable bonds is 6. The quantitative estimate of drug-likeness (QED) is 0.774. The molecule has 120 valence electrons. The average molecular weight is 316 g/mol. The molecule has 0 aliphatic heterocycles. The van der Waals surface area contributed by atoms with E-state index in [0.29, 0.717) is 35.1 Å². The van der Waals surface area contributed by atoms with Gasteiger partial charge in [-0.3, -0.25) is 0 Å². The van der Waals surface area contributed by atoms with Crippen molar-refractivity contribution in [1.82, 2.24) is 0 Å². The molecule has 0 atom stereocenters. The molecule has 0 saturated heterocycles. The standard InChI is InChI=1S/C19H18F2O2/c1-3-5-14-8-12(10-16(20)18(14)22)7-13-9-15(6-4-2)19(23)17(21)11-13/h3-4,8-11,22-23H,1-2,5-7H2. The van der Waals surface area contributed by atoms with Crippen LogP contribution >= 0.6 is 0 Å². The van der Waals surface area contributed by atoms with E-state index in [1.807, 2.05) is 0 Å². The van der Waals surface area contributed by atoms with Gasteiger partial charge in [0.1, 0.15) is 0 Å². The van der Waals surface area contributed by atoms with Crippen molar-refractivity contribution in [1.29, 1.82) is 0 Å². The van der Waals surface area contributed by atoms with E-state index < -0.39 is 23.1 Å². The lowest BCUT2D eigenvalue weighted by molar-refractivity contribution is 0.426. The van der Waals surface area contributed by atoms with E-state index in [1.54, 1.807) is 24.3 Å². The van der Waals surface area contributed by atoms with Gasteiger partial charge in [-0.1, -0.05) is 24.3 Å². The number of hydrogen-bond acceptors (Lipinski definition) is 2. The van der Waals surface area contributed by atoms with Gasteiger partial charge in [0.05, 0.1) is 0 Å². The monoisotopic (exact) mass is 316 g/mol. The summed E-state index contributed by atoms with van der Waals surface area (Å²) in [6, 6.07) is 5.77. The molecule has 0 heterocycles. The van der Waals surface area contributed by atoms with Crippen LogP contribution in [0.4, 0.5) is 8.78 Å². The molecular weight excluding hydrogens is 298 g/mol. The van der Waals surface area contributed by atoms with Crippen LogP contribution < -0.4 is 0 Å². The summed E-state index contributed by atoms with van der Waals surface area (Å²) in [4.78, 5) is 0. The zero-order valence-corrected chi connectivity index (χ0v) is 12.6. The minimum absolute atomic E-state index is 0.280. The molecule has 0 spiro atoms. The largest absolute Gasteiger partial charge is 0.505 e. The molecular formula is C19H18F2O2. The Morgan fingerprint density at radius 2 is 1.17 bits per heavy atom. The fourth-order valence-electron chi connectivity index (χ4n) is 2.50. The van der Waals surface area contributed by atoms with Crippen molar-refractivity contribution in [3.05, 3.63) is 83.5 Å². The fraction of sp³-hybridized carbons (Fsp3) is 0.158. The Morgan fingerprint density at radius 3 is 1.52 bits per heavy atom. The minimum Gasteiger partial charge on any atom is -0.505 e. The maximum Gasteiger partial charge on any atom is 0.165 e. The maximum atomic E-state index is 13.8. The lowest BCUT2D eigenvalue weighted by atomic mass is 9.98. The van der Waals surface area contributed by atoms with Crippen molar-refractivity contribution in [3.63, 3.8) is 0 Å². The van der Waals surface area contributed by atoms with E-state index in [4.69, 9.17) is 0 Å². The smallest absolute Gasteiger partial charge is 0.165 e. The Balaban J connectivity index is 2.39. The van der Waals surface area contributed by atoms with Crippen molar-refractivity contribution in [2.45, 2.75) is 19.3 Å². The molecule has 0 aliphatic rings. The van der Waals surface area contributed by atoms with Gasteiger partial charge in [0, 0.05) is 11.1 Å². The number of allylic oxidation sites excluding steroid dienone is 2. The normalized spacial score (nSPS) is 10.5. The second-order valence-corrected chi connectivity index (χ2v) is 5.33. The first-order valence-corrected chi connectivity index (χ1v) is 7.18. The highest BCUT2D eigenvalue weighted by Gasteiger charge is 2.12. The third-order valence-corrected chi connectivity index (χ3v) is 3.54. The first-order valence-electron chi connectivity index (χ1n) is 7.18. The highest BCUT2D eigenvalue weighted by molar-refractivity contribution is 5.43. The Kier molecular flexibility index (Phi) is 5.16. The summed E-state index contributed by atoms with van der Waals surface area (Å²) in [6.07, 6.45) is 4.09. The van der Waals surface area contributed by atoms with Crippen LogP contribution in [0.2, 0.25) is 0 Å². The number of benzene rings is 2. The van der Waals surface area contributed by atoms with Crippen molar-refractivity contribution in [3.8, 4) is 11.5 Å². The fourth-order valence-corrected chi connectivity index (χ4v) is 2.50. The van der Waals surface area contributed by atoms with Gasteiger partial charge in [-0.15, -0.1) is 13.2 Å². The van der Waals surface area contributed by atoms with Gasteiger partial charge in [-0.2, -0.15) is 0 Å². The van der Waals surface area contributed by atoms with E-state index in [0.717, 1.165) is 0 Å². The third kappa shape index (κ3) is 3.77. The van der Waals surface area contributed by atoms with E-state index >= 15 is 0 Å². The lowest BCUT2D eigenvalue weighted by Gasteiger charge is -2.10. The molecule has 2 aromatic rings. The summed E-state index contributed by atoms with van der Waals surface area (Å²) in [5.41, 5.74) is 2.07. The van der Waals surface area contributed by atoms with E-state index in [2.05, 4.69) is 13.2 Å². The Morgan fingerprint density at radius 1 is 0.783 bits per heavy atom. The molecule has 0 saturated carbocycles. The SMILES string of the molecule is C=CCc1cc(Cc2cc(F)c(O)c(CC=C)c2)cc(F)c1O. The van der Waals surface area contributed by atoms with Crippen molar-refractivity contribution in [2.24, 2.45) is 0 Å². The molecule has 2 aromatic carbocycles. The molecule has 2 nitrogen and oxygen atoms in total. The van der Waals surface area contributed by atoms with Gasteiger partial charge < -0.3 is 10.2 Å². The van der Waals surface area contributed by atoms with Gasteiger partial charge in [-0.05, 0) is 42.5 Å². The van der Waals surface area contributed by atoms with E-state index in [1.165, 1.54) is 12.1 Å². The van der Waals surface area contributed by atoms with Crippen molar-refractivity contribution < 1.29 is 19.0 Å². The minimum atomic E-state index is -0.718. The Bertz CT molecular complexity index is 688. The first-order chi connectivity index (χ1) is 11.0. The predicted molar refractivity (Wildman–Crippen MR) is 86.7 cm³/mol. The van der Waals surface area contributed by atoms with Crippen LogP contribution in [0.1, 0.15) is 22.3 Å². The number of hydrogen-bond donors (Lipinski definition) is 2. The summed E-state index contributed by atoms with van der Waals surface area (Å²) >= 11 is 0. The topological polar surface area (TPSA) is 40.5 Å². The Labute approximate surface area is 134 Å². The van der Waals surface area contributed by atoms with Crippen molar-refractivity contribution in [2.75, 3.05) is 0 Å². The van der Waals surface area contributed by atoms with Crippen LogP contribution in [0.15, 0.2) is 49.6 Å². The zero-order valence-electron chi connectivity index (χ0n) is 12.6. The molecule has 0 unspecified atom stereocenters. The summed E-state index contributed by atoms with van der Waals surface area (Å²) in [7, 11) is 0. The van der Waals surface area contributed by atoms with Crippen LogP contribution in [0.5, 0.6) is 11.5 Å². The molecule has 0 aliphatic carbocycles. The van der Waals surface area contributed by atoms with Gasteiger partial charge in [0.2, 0.25) is 0 Å². The number of halogens is 2. The van der Waals surface area contributed by atoms with Crippen LogP contribution in [0.25, 0.3) is 0 Å². The first kappa shape index (κ1) is 16.7. The van der Waals surface area contributed by atoms with Crippen LogP contribution in [-0.4, -0.2) is 10.2 Å². The van der Waals surface area contributed by atoms with E-state index in [9.17, 15) is 19.0 Å². The molecule has 0 amide bonds. The average Bonchev–Trinajstić information content (AvgIpc) is 2.50. The summed E-state index contributed by atoms with van der Waals surface area (Å²) in [5.74, 6) is -2.22. The maximum absolute atomic E-state index is 13.8. The number of phenolic OH excluding ortho intramolecular Hbond substituents is 2. The lowest BCUT2D eigenvalue weighted by Crippen LogP contribution is -1.97. The third-order valence-electron chi connectivity index (χ3n) is 3.54. The van der Waals surface area contributed by atoms with Gasteiger partial charge in [0.25, 0.3) is 0 Å². The summed E-state index contributed by atoms with van der Waals surface area (Å²) in [5, 5.41) is 19.4. The van der Waals surface area contributed by atoms with Gasteiger partial charge >= 0.3 is 0 Å². The van der Waals surface area contributed by atoms with Gasteiger partial charge in [-0.25, -0.2) is 8.78 Å². The number of phenols is 2. The van der Waals surface area contributed by atoms with Crippen LogP contribution in [0, 0.1) is 11.6 Å². The molecule has 2 N–H and O–H groups in total. The van der Waals surface area contributed by atoms with Crippen LogP contribution in [-0.2, 0) is 19.3 Å².